The predicted molar refractivity (Wildman–Crippen MR) is 96.5 cm³/mol. The SMILES string of the molecule is Cc1ccc([C@H]2[CH]CC2(c2ccccc2)c2ccccc2)cc1. The van der Waals surface area contributed by atoms with Crippen LogP contribution >= 0.6 is 0 Å². The minimum atomic E-state index is 0.0672. The van der Waals surface area contributed by atoms with Gasteiger partial charge in [0.25, 0.3) is 0 Å². The van der Waals surface area contributed by atoms with E-state index in [0.29, 0.717) is 5.92 Å². The molecule has 3 aromatic rings. The summed E-state index contributed by atoms with van der Waals surface area (Å²) in [6.45, 7) is 2.15. The summed E-state index contributed by atoms with van der Waals surface area (Å²) >= 11 is 0. The molecule has 0 spiro atoms. The van der Waals surface area contributed by atoms with E-state index in [9.17, 15) is 0 Å². The van der Waals surface area contributed by atoms with Crippen molar-refractivity contribution in [2.24, 2.45) is 0 Å². The van der Waals surface area contributed by atoms with Crippen LogP contribution in [0.2, 0.25) is 0 Å². The number of aryl methyl sites for hydroxylation is 1. The van der Waals surface area contributed by atoms with Crippen LogP contribution in [0, 0.1) is 13.3 Å². The average Bonchev–Trinajstić information content (AvgIpc) is 2.58. The van der Waals surface area contributed by atoms with Crippen LogP contribution < -0.4 is 0 Å². The van der Waals surface area contributed by atoms with E-state index in [-0.39, 0.29) is 5.41 Å². The molecular formula is C23H21. The van der Waals surface area contributed by atoms with Gasteiger partial charge >= 0.3 is 0 Å². The maximum Gasteiger partial charge on any atom is 0.0277 e. The lowest BCUT2D eigenvalue weighted by molar-refractivity contribution is 0.332. The highest BCUT2D eigenvalue weighted by Crippen LogP contribution is 2.57. The molecule has 1 atom stereocenters. The first-order valence-electron chi connectivity index (χ1n) is 8.32. The van der Waals surface area contributed by atoms with E-state index in [1.54, 1.807) is 0 Å². The zero-order valence-corrected chi connectivity index (χ0v) is 13.4. The fourth-order valence-corrected chi connectivity index (χ4v) is 3.90. The van der Waals surface area contributed by atoms with Crippen molar-refractivity contribution in [1.29, 1.82) is 0 Å². The quantitative estimate of drug-likeness (QED) is 0.584. The minimum Gasteiger partial charge on any atom is -0.0622 e. The van der Waals surface area contributed by atoms with Gasteiger partial charge in [-0.25, -0.2) is 0 Å². The highest BCUT2D eigenvalue weighted by Gasteiger charge is 2.49. The Morgan fingerprint density at radius 3 is 1.65 bits per heavy atom. The van der Waals surface area contributed by atoms with Crippen LogP contribution in [0.5, 0.6) is 0 Å². The first kappa shape index (κ1) is 14.3. The molecule has 3 aromatic carbocycles. The van der Waals surface area contributed by atoms with Crippen molar-refractivity contribution in [3.05, 3.63) is 114 Å². The Labute approximate surface area is 138 Å². The molecule has 0 nitrogen and oxygen atoms in total. The maximum absolute atomic E-state index is 2.46. The van der Waals surface area contributed by atoms with Crippen LogP contribution in [0.25, 0.3) is 0 Å². The van der Waals surface area contributed by atoms with E-state index in [1.807, 2.05) is 0 Å². The van der Waals surface area contributed by atoms with Crippen LogP contribution in [0.4, 0.5) is 0 Å². The second-order valence-electron chi connectivity index (χ2n) is 6.53. The molecule has 0 heteroatoms. The molecule has 4 rings (SSSR count). The van der Waals surface area contributed by atoms with Gasteiger partial charge in [-0.15, -0.1) is 0 Å². The fourth-order valence-electron chi connectivity index (χ4n) is 3.90. The molecule has 0 saturated heterocycles. The summed E-state index contributed by atoms with van der Waals surface area (Å²) in [5.74, 6) is 0.438. The van der Waals surface area contributed by atoms with Crippen molar-refractivity contribution in [1.82, 2.24) is 0 Å². The maximum atomic E-state index is 2.46. The smallest absolute Gasteiger partial charge is 0.0277 e. The lowest BCUT2D eigenvalue weighted by Crippen LogP contribution is -2.44. The molecule has 0 heterocycles. The van der Waals surface area contributed by atoms with E-state index in [4.69, 9.17) is 0 Å². The van der Waals surface area contributed by atoms with E-state index in [1.165, 1.54) is 22.3 Å². The van der Waals surface area contributed by atoms with E-state index in [2.05, 4.69) is 98.3 Å². The Balaban J connectivity index is 1.86. The topological polar surface area (TPSA) is 0 Å². The van der Waals surface area contributed by atoms with E-state index in [0.717, 1.165) is 6.42 Å². The van der Waals surface area contributed by atoms with Gasteiger partial charge in [0, 0.05) is 11.3 Å². The Kier molecular flexibility index (Phi) is 3.53. The number of hydrogen-bond acceptors (Lipinski definition) is 0. The molecule has 0 aliphatic heterocycles. The fraction of sp³-hybridized carbons (Fsp3) is 0.174. The van der Waals surface area contributed by atoms with Gasteiger partial charge in [0.05, 0.1) is 0 Å². The number of rotatable bonds is 3. The van der Waals surface area contributed by atoms with E-state index >= 15 is 0 Å². The second kappa shape index (κ2) is 5.70. The third-order valence-electron chi connectivity index (χ3n) is 5.22. The normalized spacial score (nSPS) is 19.1. The molecule has 0 amide bonds. The lowest BCUT2D eigenvalue weighted by Gasteiger charge is -2.51. The van der Waals surface area contributed by atoms with Crippen molar-refractivity contribution in [3.8, 4) is 0 Å². The van der Waals surface area contributed by atoms with Crippen molar-refractivity contribution in [2.45, 2.75) is 24.7 Å². The largest absolute Gasteiger partial charge is 0.0622 e. The number of benzene rings is 3. The summed E-state index contributed by atoms with van der Waals surface area (Å²) in [7, 11) is 0. The third kappa shape index (κ3) is 2.30. The summed E-state index contributed by atoms with van der Waals surface area (Å²) in [6.07, 6.45) is 3.56. The zero-order chi connectivity index (χ0) is 15.7. The van der Waals surface area contributed by atoms with Gasteiger partial charge in [0.1, 0.15) is 0 Å². The van der Waals surface area contributed by atoms with Crippen LogP contribution in [0.1, 0.15) is 34.6 Å². The van der Waals surface area contributed by atoms with Gasteiger partial charge in [-0.2, -0.15) is 0 Å². The van der Waals surface area contributed by atoms with Gasteiger partial charge in [-0.3, -0.25) is 0 Å². The molecular weight excluding hydrogens is 276 g/mol. The Hall–Kier alpha value is -2.34. The molecule has 0 bridgehead atoms. The van der Waals surface area contributed by atoms with E-state index < -0.39 is 0 Å². The van der Waals surface area contributed by atoms with Gasteiger partial charge < -0.3 is 0 Å². The highest BCUT2D eigenvalue weighted by molar-refractivity contribution is 5.51. The van der Waals surface area contributed by atoms with Crippen LogP contribution in [-0.2, 0) is 5.41 Å². The van der Waals surface area contributed by atoms with Crippen molar-refractivity contribution >= 4 is 0 Å². The minimum absolute atomic E-state index is 0.0672. The molecule has 23 heavy (non-hydrogen) atoms. The first-order chi connectivity index (χ1) is 11.3. The molecule has 0 N–H and O–H groups in total. The lowest BCUT2D eigenvalue weighted by atomic mass is 9.52. The summed E-state index contributed by atoms with van der Waals surface area (Å²) < 4.78 is 0. The molecule has 1 saturated carbocycles. The van der Waals surface area contributed by atoms with Gasteiger partial charge in [-0.05, 0) is 36.5 Å². The Morgan fingerprint density at radius 1 is 0.696 bits per heavy atom. The summed E-state index contributed by atoms with van der Waals surface area (Å²) in [6, 6.07) is 31.0. The molecule has 1 radical (unpaired) electrons. The predicted octanol–water partition coefficient (Wildman–Crippen LogP) is 5.67. The Bertz CT molecular complexity index is 730. The van der Waals surface area contributed by atoms with Crippen molar-refractivity contribution < 1.29 is 0 Å². The van der Waals surface area contributed by atoms with Gasteiger partial charge in [0.2, 0.25) is 0 Å². The van der Waals surface area contributed by atoms with Crippen LogP contribution in [0.15, 0.2) is 84.9 Å². The third-order valence-corrected chi connectivity index (χ3v) is 5.22. The monoisotopic (exact) mass is 297 g/mol. The van der Waals surface area contributed by atoms with Crippen LogP contribution in [0.3, 0.4) is 0 Å². The Morgan fingerprint density at radius 2 is 1.22 bits per heavy atom. The van der Waals surface area contributed by atoms with Crippen molar-refractivity contribution in [3.63, 3.8) is 0 Å². The molecule has 1 fully saturated rings. The van der Waals surface area contributed by atoms with Gasteiger partial charge in [0.15, 0.2) is 0 Å². The van der Waals surface area contributed by atoms with Gasteiger partial charge in [-0.1, -0.05) is 90.5 Å². The molecule has 113 valence electrons. The molecule has 1 aliphatic carbocycles. The summed E-state index contributed by atoms with van der Waals surface area (Å²) in [5.41, 5.74) is 5.63. The van der Waals surface area contributed by atoms with Crippen molar-refractivity contribution in [2.75, 3.05) is 0 Å². The first-order valence-corrected chi connectivity index (χ1v) is 8.32. The average molecular weight is 297 g/mol. The molecule has 1 aliphatic rings. The number of hydrogen-bond donors (Lipinski definition) is 0. The summed E-state index contributed by atoms with van der Waals surface area (Å²) in [4.78, 5) is 0. The zero-order valence-electron chi connectivity index (χ0n) is 13.4. The second-order valence-corrected chi connectivity index (χ2v) is 6.53. The molecule has 0 unspecified atom stereocenters. The molecule has 0 aromatic heterocycles. The highest BCUT2D eigenvalue weighted by atomic mass is 14.5. The van der Waals surface area contributed by atoms with Crippen LogP contribution in [-0.4, -0.2) is 0 Å². The summed E-state index contributed by atoms with van der Waals surface area (Å²) in [5, 5.41) is 0. The standard InChI is InChI=1S/C23H21/c1-18-12-14-19(15-13-18)22-16-17-23(22,20-8-4-2-5-9-20)21-10-6-3-7-11-21/h2-16,22H,17H2,1H3/t22-/m1/s1.